The van der Waals surface area contributed by atoms with Gasteiger partial charge in [-0.2, -0.15) is 13.2 Å². The summed E-state index contributed by atoms with van der Waals surface area (Å²) in [6, 6.07) is 14.7. The SMILES string of the molecule is CN(C)CCNc1ccc(-c2nc3sc(N=Nc4ccc(C(F)(F)F)cc4)cc3s2)cc1. The van der Waals surface area contributed by atoms with Gasteiger partial charge in [-0.15, -0.1) is 21.6 Å². The molecule has 0 amide bonds. The van der Waals surface area contributed by atoms with Gasteiger partial charge in [-0.25, -0.2) is 4.98 Å². The van der Waals surface area contributed by atoms with Crippen molar-refractivity contribution in [2.24, 2.45) is 10.2 Å². The van der Waals surface area contributed by atoms with E-state index in [0.29, 0.717) is 10.7 Å². The van der Waals surface area contributed by atoms with Crippen LogP contribution in [0.25, 0.3) is 20.1 Å². The highest BCUT2D eigenvalue weighted by molar-refractivity contribution is 7.30. The maximum atomic E-state index is 12.6. The molecule has 1 N–H and O–H groups in total. The van der Waals surface area contributed by atoms with Crippen molar-refractivity contribution in [2.45, 2.75) is 6.18 Å². The Balaban J connectivity index is 1.42. The van der Waals surface area contributed by atoms with E-state index in [1.165, 1.54) is 23.5 Å². The summed E-state index contributed by atoms with van der Waals surface area (Å²) in [5.74, 6) is 0. The number of nitrogens with one attached hydrogen (secondary N) is 1. The summed E-state index contributed by atoms with van der Waals surface area (Å²) in [4.78, 5) is 7.68. The first kappa shape index (κ1) is 22.4. The largest absolute Gasteiger partial charge is 0.416 e. The van der Waals surface area contributed by atoms with Gasteiger partial charge < -0.3 is 10.2 Å². The number of hydrogen-bond acceptors (Lipinski definition) is 7. The van der Waals surface area contributed by atoms with Crippen LogP contribution in [0.2, 0.25) is 0 Å². The lowest BCUT2D eigenvalue weighted by atomic mass is 10.2. The maximum absolute atomic E-state index is 12.6. The summed E-state index contributed by atoms with van der Waals surface area (Å²) in [5, 5.41) is 13.2. The molecule has 2 heterocycles. The van der Waals surface area contributed by atoms with Gasteiger partial charge in [0.05, 0.1) is 16.0 Å². The molecule has 10 heteroatoms. The Morgan fingerprint density at radius 3 is 2.31 bits per heavy atom. The number of hydrogen-bond donors (Lipinski definition) is 1. The summed E-state index contributed by atoms with van der Waals surface area (Å²) in [6.07, 6.45) is -4.36. The molecular formula is C22H20F3N5S2. The van der Waals surface area contributed by atoms with E-state index in [9.17, 15) is 13.2 Å². The van der Waals surface area contributed by atoms with Crippen molar-refractivity contribution in [1.29, 1.82) is 0 Å². The van der Waals surface area contributed by atoms with E-state index < -0.39 is 11.7 Å². The van der Waals surface area contributed by atoms with Crippen LogP contribution in [0.5, 0.6) is 0 Å². The minimum absolute atomic E-state index is 0.364. The maximum Gasteiger partial charge on any atom is 0.416 e. The normalized spacial score (nSPS) is 12.3. The van der Waals surface area contributed by atoms with Gasteiger partial charge >= 0.3 is 6.18 Å². The van der Waals surface area contributed by atoms with Gasteiger partial charge in [0, 0.05) is 24.3 Å². The first-order valence-electron chi connectivity index (χ1n) is 9.76. The Bertz CT molecular complexity index is 1180. The Morgan fingerprint density at radius 1 is 0.969 bits per heavy atom. The van der Waals surface area contributed by atoms with E-state index in [2.05, 4.69) is 20.4 Å². The third kappa shape index (κ3) is 5.50. The van der Waals surface area contributed by atoms with Gasteiger partial charge in [0.1, 0.15) is 14.8 Å². The molecule has 166 valence electrons. The molecule has 0 aliphatic rings. The molecule has 0 spiro atoms. The zero-order chi connectivity index (χ0) is 22.7. The molecule has 0 aliphatic carbocycles. The number of alkyl halides is 3. The van der Waals surface area contributed by atoms with Crippen molar-refractivity contribution in [3.8, 4) is 10.6 Å². The smallest absolute Gasteiger partial charge is 0.384 e. The fourth-order valence-corrected chi connectivity index (χ4v) is 4.91. The minimum Gasteiger partial charge on any atom is -0.384 e. The average Bonchev–Trinajstić information content (AvgIpc) is 3.31. The number of azo groups is 1. The molecule has 2 aromatic carbocycles. The average molecular weight is 476 g/mol. The van der Waals surface area contributed by atoms with Crippen LogP contribution in [-0.2, 0) is 6.18 Å². The van der Waals surface area contributed by atoms with Crippen LogP contribution in [0.1, 0.15) is 5.56 Å². The number of rotatable bonds is 7. The number of fused-ring (bicyclic) bond motifs is 1. The number of nitrogens with zero attached hydrogens (tertiary/aromatic N) is 4. The molecule has 2 aromatic heterocycles. The third-order valence-electron chi connectivity index (χ3n) is 4.55. The van der Waals surface area contributed by atoms with Crippen molar-refractivity contribution in [2.75, 3.05) is 32.5 Å². The number of halogens is 3. The molecule has 0 aliphatic heterocycles. The van der Waals surface area contributed by atoms with Crippen molar-refractivity contribution in [3.05, 3.63) is 60.2 Å². The highest BCUT2D eigenvalue weighted by atomic mass is 32.1. The summed E-state index contributed by atoms with van der Waals surface area (Å²) in [6.45, 7) is 1.84. The molecule has 0 atom stereocenters. The Labute approximate surface area is 191 Å². The molecule has 5 nitrogen and oxygen atoms in total. The van der Waals surface area contributed by atoms with Crippen LogP contribution in [0.4, 0.5) is 29.5 Å². The van der Waals surface area contributed by atoms with Crippen LogP contribution >= 0.6 is 22.7 Å². The molecule has 32 heavy (non-hydrogen) atoms. The fraction of sp³-hybridized carbons (Fsp3) is 0.227. The zero-order valence-electron chi connectivity index (χ0n) is 17.3. The molecule has 0 bridgehead atoms. The van der Waals surface area contributed by atoms with Gasteiger partial charge in [0.15, 0.2) is 0 Å². The van der Waals surface area contributed by atoms with Crippen molar-refractivity contribution < 1.29 is 13.2 Å². The van der Waals surface area contributed by atoms with E-state index in [0.717, 1.165) is 51.0 Å². The van der Waals surface area contributed by atoms with Gasteiger partial charge in [-0.1, -0.05) is 11.3 Å². The summed E-state index contributed by atoms with van der Waals surface area (Å²) >= 11 is 2.97. The first-order chi connectivity index (χ1) is 15.3. The second-order valence-electron chi connectivity index (χ2n) is 7.33. The third-order valence-corrected chi connectivity index (χ3v) is 6.65. The Hall–Kier alpha value is -2.82. The molecule has 0 fully saturated rings. The lowest BCUT2D eigenvalue weighted by Gasteiger charge is -2.11. The quantitative estimate of drug-likeness (QED) is 0.283. The zero-order valence-corrected chi connectivity index (χ0v) is 19.0. The topological polar surface area (TPSA) is 52.9 Å². The number of thiophene rings is 1. The lowest BCUT2D eigenvalue weighted by molar-refractivity contribution is -0.137. The Morgan fingerprint density at radius 2 is 1.69 bits per heavy atom. The standard InChI is InChI=1S/C22H20F3N5S2/c1-30(2)12-11-26-16-7-3-14(4-8-16)20-27-21-18(31-20)13-19(32-21)29-28-17-9-5-15(6-10-17)22(23,24)25/h3-10,13,26H,11-12H2,1-2H3. The van der Waals surface area contributed by atoms with Crippen LogP contribution in [0, 0.1) is 0 Å². The van der Waals surface area contributed by atoms with Crippen LogP contribution in [-0.4, -0.2) is 37.1 Å². The number of aromatic nitrogens is 1. The second-order valence-corrected chi connectivity index (χ2v) is 9.36. The van der Waals surface area contributed by atoms with Gasteiger partial charge in [-0.3, -0.25) is 0 Å². The highest BCUT2D eigenvalue weighted by Crippen LogP contribution is 2.39. The molecule has 0 saturated carbocycles. The molecule has 0 radical (unpaired) electrons. The van der Waals surface area contributed by atoms with Crippen LogP contribution < -0.4 is 5.32 Å². The molecule has 0 unspecified atom stereocenters. The van der Waals surface area contributed by atoms with E-state index in [-0.39, 0.29) is 0 Å². The predicted molar refractivity (Wildman–Crippen MR) is 126 cm³/mol. The number of anilines is 1. The molecule has 4 rings (SSSR count). The van der Waals surface area contributed by atoms with E-state index in [1.807, 2.05) is 44.4 Å². The number of benzene rings is 2. The number of thiazole rings is 1. The van der Waals surface area contributed by atoms with Gasteiger partial charge in [0.2, 0.25) is 0 Å². The predicted octanol–water partition coefficient (Wildman–Crippen LogP) is 7.43. The molecule has 0 saturated heterocycles. The van der Waals surface area contributed by atoms with Gasteiger partial charge in [-0.05, 0) is 68.7 Å². The molecule has 4 aromatic rings. The summed E-state index contributed by atoms with van der Waals surface area (Å²) in [5.41, 5.74) is 1.77. The highest BCUT2D eigenvalue weighted by Gasteiger charge is 2.29. The Kier molecular flexibility index (Phi) is 6.54. The minimum atomic E-state index is -4.36. The summed E-state index contributed by atoms with van der Waals surface area (Å²) in [7, 11) is 4.08. The van der Waals surface area contributed by atoms with E-state index in [4.69, 9.17) is 4.98 Å². The number of likely N-dealkylation sites (N-methyl/N-ethyl adjacent to an activating group) is 1. The van der Waals surface area contributed by atoms with E-state index >= 15 is 0 Å². The van der Waals surface area contributed by atoms with Crippen molar-refractivity contribution in [1.82, 2.24) is 9.88 Å². The second kappa shape index (κ2) is 9.35. The first-order valence-corrected chi connectivity index (χ1v) is 11.4. The van der Waals surface area contributed by atoms with E-state index in [1.54, 1.807) is 11.3 Å². The fourth-order valence-electron chi connectivity index (χ4n) is 2.87. The van der Waals surface area contributed by atoms with Crippen LogP contribution in [0.15, 0.2) is 64.8 Å². The summed E-state index contributed by atoms with van der Waals surface area (Å²) < 4.78 is 38.9. The van der Waals surface area contributed by atoms with Gasteiger partial charge in [0.25, 0.3) is 0 Å². The monoisotopic (exact) mass is 475 g/mol. The van der Waals surface area contributed by atoms with Crippen molar-refractivity contribution >= 4 is 48.6 Å². The lowest BCUT2D eigenvalue weighted by Crippen LogP contribution is -2.20. The van der Waals surface area contributed by atoms with Crippen molar-refractivity contribution in [3.63, 3.8) is 0 Å². The van der Waals surface area contributed by atoms with Crippen LogP contribution in [0.3, 0.4) is 0 Å². The molecular weight excluding hydrogens is 455 g/mol.